The molecule has 2 rings (SSSR count). The minimum Gasteiger partial charge on any atom is -0.409 e. The summed E-state index contributed by atoms with van der Waals surface area (Å²) in [6.07, 6.45) is 3.57. The summed E-state index contributed by atoms with van der Waals surface area (Å²) in [5, 5.41) is 20.6. The van der Waals surface area contributed by atoms with Gasteiger partial charge in [-0.1, -0.05) is 5.16 Å². The van der Waals surface area contributed by atoms with Crippen molar-refractivity contribution >= 4 is 27.5 Å². The van der Waals surface area contributed by atoms with Crippen molar-refractivity contribution in [2.45, 2.75) is 31.7 Å². The highest BCUT2D eigenvalue weighted by Crippen LogP contribution is 2.34. The summed E-state index contributed by atoms with van der Waals surface area (Å²) in [4.78, 5) is 2.03. The third-order valence-corrected chi connectivity index (χ3v) is 4.60. The SMILES string of the molecule is N/C(=N/O)c1ccc(N2CCCC2CCCO)c(F)c1Br. The maximum absolute atomic E-state index is 14.6. The van der Waals surface area contributed by atoms with Gasteiger partial charge in [0.15, 0.2) is 11.7 Å². The van der Waals surface area contributed by atoms with Crippen molar-refractivity contribution in [1.29, 1.82) is 0 Å². The first kappa shape index (κ1) is 16.0. The van der Waals surface area contributed by atoms with Crippen LogP contribution in [-0.2, 0) is 0 Å². The zero-order chi connectivity index (χ0) is 15.4. The largest absolute Gasteiger partial charge is 0.409 e. The van der Waals surface area contributed by atoms with E-state index in [1.807, 2.05) is 4.90 Å². The lowest BCUT2D eigenvalue weighted by molar-refractivity contribution is 0.279. The number of hydrogen-bond acceptors (Lipinski definition) is 4. The van der Waals surface area contributed by atoms with E-state index in [4.69, 9.17) is 16.0 Å². The van der Waals surface area contributed by atoms with E-state index in [2.05, 4.69) is 21.1 Å². The van der Waals surface area contributed by atoms with Gasteiger partial charge >= 0.3 is 0 Å². The Labute approximate surface area is 131 Å². The number of benzene rings is 1. The van der Waals surface area contributed by atoms with Crippen molar-refractivity contribution in [2.24, 2.45) is 10.9 Å². The van der Waals surface area contributed by atoms with Crippen molar-refractivity contribution in [1.82, 2.24) is 0 Å². The van der Waals surface area contributed by atoms with Crippen LogP contribution in [0, 0.1) is 5.82 Å². The summed E-state index contributed by atoms with van der Waals surface area (Å²) in [6.45, 7) is 0.946. The van der Waals surface area contributed by atoms with Gasteiger partial charge in [0.2, 0.25) is 0 Å². The zero-order valence-electron chi connectivity index (χ0n) is 11.6. The minimum absolute atomic E-state index is 0.134. The lowest BCUT2D eigenvalue weighted by Gasteiger charge is -2.27. The predicted octanol–water partition coefficient (Wildman–Crippen LogP) is 2.42. The summed E-state index contributed by atoms with van der Waals surface area (Å²) < 4.78 is 14.8. The van der Waals surface area contributed by atoms with Crippen LogP contribution in [0.4, 0.5) is 10.1 Å². The Kier molecular flexibility index (Phi) is 5.41. The fraction of sp³-hybridized carbons (Fsp3) is 0.500. The first-order chi connectivity index (χ1) is 10.1. The second-order valence-corrected chi connectivity index (χ2v) is 5.89. The number of halogens is 2. The summed E-state index contributed by atoms with van der Waals surface area (Å²) in [7, 11) is 0. The maximum atomic E-state index is 14.6. The van der Waals surface area contributed by atoms with E-state index in [0.717, 1.165) is 25.8 Å². The Balaban J connectivity index is 2.30. The van der Waals surface area contributed by atoms with Crippen molar-refractivity contribution in [3.63, 3.8) is 0 Å². The quantitative estimate of drug-likeness (QED) is 0.326. The van der Waals surface area contributed by atoms with Gasteiger partial charge in [0.05, 0.1) is 10.2 Å². The highest BCUT2D eigenvalue weighted by molar-refractivity contribution is 9.10. The number of anilines is 1. The first-order valence-corrected chi connectivity index (χ1v) is 7.72. The van der Waals surface area contributed by atoms with Gasteiger partial charge in [-0.05, 0) is 53.7 Å². The topological polar surface area (TPSA) is 82.1 Å². The van der Waals surface area contributed by atoms with Gasteiger partial charge in [-0.15, -0.1) is 0 Å². The molecule has 1 heterocycles. The molecule has 1 aromatic rings. The number of aliphatic hydroxyl groups excluding tert-OH is 1. The van der Waals surface area contributed by atoms with E-state index in [0.29, 0.717) is 17.7 Å². The standard InChI is InChI=1S/C14H19BrFN3O2/c15-12-10(14(17)18-21)5-6-11(13(12)16)19-7-1-3-9(19)4-2-8-20/h5-6,9,20-21H,1-4,7-8H2,(H2,17,18). The Bertz CT molecular complexity index is 539. The molecule has 21 heavy (non-hydrogen) atoms. The summed E-state index contributed by atoms with van der Waals surface area (Å²) in [5.41, 5.74) is 6.36. The van der Waals surface area contributed by atoms with Crippen LogP contribution in [-0.4, -0.2) is 35.3 Å². The number of amidine groups is 1. The number of aliphatic hydroxyl groups is 1. The molecular weight excluding hydrogens is 341 g/mol. The van der Waals surface area contributed by atoms with Gasteiger partial charge < -0.3 is 20.9 Å². The number of rotatable bonds is 5. The molecule has 0 spiro atoms. The Morgan fingerprint density at radius 2 is 2.29 bits per heavy atom. The first-order valence-electron chi connectivity index (χ1n) is 6.93. The van der Waals surface area contributed by atoms with E-state index in [1.54, 1.807) is 12.1 Å². The van der Waals surface area contributed by atoms with Gasteiger partial charge in [0.1, 0.15) is 0 Å². The molecule has 0 bridgehead atoms. The second-order valence-electron chi connectivity index (χ2n) is 5.10. The van der Waals surface area contributed by atoms with E-state index in [9.17, 15) is 4.39 Å². The van der Waals surface area contributed by atoms with Gasteiger partial charge in [0, 0.05) is 24.8 Å². The molecule has 1 aromatic carbocycles. The predicted molar refractivity (Wildman–Crippen MR) is 83.3 cm³/mol. The molecule has 0 saturated carbocycles. The van der Waals surface area contributed by atoms with Crippen LogP contribution in [0.15, 0.2) is 21.8 Å². The molecule has 0 aliphatic carbocycles. The van der Waals surface area contributed by atoms with Crippen LogP contribution >= 0.6 is 15.9 Å². The summed E-state index contributed by atoms with van der Waals surface area (Å²) in [6, 6.07) is 3.54. The van der Waals surface area contributed by atoms with Crippen molar-refractivity contribution in [3.05, 3.63) is 28.0 Å². The molecule has 7 heteroatoms. The molecule has 0 radical (unpaired) electrons. The van der Waals surface area contributed by atoms with Crippen LogP contribution in [0.25, 0.3) is 0 Å². The highest BCUT2D eigenvalue weighted by Gasteiger charge is 2.27. The zero-order valence-corrected chi connectivity index (χ0v) is 13.2. The van der Waals surface area contributed by atoms with Crippen molar-refractivity contribution in [3.8, 4) is 0 Å². The molecule has 1 aliphatic heterocycles. The maximum Gasteiger partial charge on any atom is 0.171 e. The summed E-state index contributed by atoms with van der Waals surface area (Å²) >= 11 is 3.18. The van der Waals surface area contributed by atoms with Gasteiger partial charge in [-0.2, -0.15) is 0 Å². The molecule has 0 amide bonds. The normalized spacial score (nSPS) is 19.3. The van der Waals surface area contributed by atoms with Crippen LogP contribution < -0.4 is 10.6 Å². The number of oxime groups is 1. The Hall–Kier alpha value is -1.34. The van der Waals surface area contributed by atoms with Crippen LogP contribution in [0.5, 0.6) is 0 Å². The minimum atomic E-state index is -0.407. The van der Waals surface area contributed by atoms with Gasteiger partial charge in [-0.25, -0.2) is 4.39 Å². The molecule has 5 nitrogen and oxygen atoms in total. The lowest BCUT2D eigenvalue weighted by Crippen LogP contribution is -2.30. The molecule has 1 saturated heterocycles. The Morgan fingerprint density at radius 3 is 2.95 bits per heavy atom. The second kappa shape index (κ2) is 7.09. The average molecular weight is 360 g/mol. The van der Waals surface area contributed by atoms with Crippen LogP contribution in [0.2, 0.25) is 0 Å². The molecule has 1 unspecified atom stereocenters. The number of nitrogens with zero attached hydrogens (tertiary/aromatic N) is 2. The van der Waals surface area contributed by atoms with Gasteiger partial charge in [0.25, 0.3) is 0 Å². The third kappa shape index (κ3) is 3.29. The third-order valence-electron chi connectivity index (χ3n) is 3.83. The molecule has 1 aliphatic rings. The number of nitrogens with two attached hydrogens (primary N) is 1. The van der Waals surface area contributed by atoms with Crippen molar-refractivity contribution < 1.29 is 14.7 Å². The monoisotopic (exact) mass is 359 g/mol. The van der Waals surface area contributed by atoms with E-state index < -0.39 is 5.82 Å². The molecule has 4 N–H and O–H groups in total. The van der Waals surface area contributed by atoms with Crippen LogP contribution in [0.1, 0.15) is 31.2 Å². The Morgan fingerprint density at radius 1 is 1.52 bits per heavy atom. The van der Waals surface area contributed by atoms with Crippen molar-refractivity contribution in [2.75, 3.05) is 18.1 Å². The molecule has 1 atom stereocenters. The molecule has 116 valence electrons. The average Bonchev–Trinajstić information content (AvgIpc) is 2.95. The summed E-state index contributed by atoms with van der Waals surface area (Å²) in [5.74, 6) is -0.541. The molecule has 1 fully saturated rings. The van der Waals surface area contributed by atoms with E-state index in [-0.39, 0.29) is 23.0 Å². The number of hydrogen-bond donors (Lipinski definition) is 3. The smallest absolute Gasteiger partial charge is 0.171 e. The molecular formula is C14H19BrFN3O2. The fourth-order valence-corrected chi connectivity index (χ4v) is 3.33. The van der Waals surface area contributed by atoms with Crippen LogP contribution in [0.3, 0.4) is 0 Å². The molecule has 0 aromatic heterocycles. The van der Waals surface area contributed by atoms with E-state index >= 15 is 0 Å². The lowest BCUT2D eigenvalue weighted by atomic mass is 10.1. The van der Waals surface area contributed by atoms with Gasteiger partial charge in [-0.3, -0.25) is 0 Å². The van der Waals surface area contributed by atoms with E-state index in [1.165, 1.54) is 0 Å². The fourth-order valence-electron chi connectivity index (χ4n) is 2.79. The highest BCUT2D eigenvalue weighted by atomic mass is 79.9.